The van der Waals surface area contributed by atoms with E-state index in [1.165, 1.54) is 32.1 Å². The standard InChI is InChI=1S/C14H23NO3/c16-13(17-10-12-4-2-1-3-5-12)15-8-6-14(11-15)7-9-18-14/h12H,1-11H2. The Kier molecular flexibility index (Phi) is 3.46. The maximum atomic E-state index is 12.0. The van der Waals surface area contributed by atoms with E-state index < -0.39 is 0 Å². The average Bonchev–Trinajstić information content (AvgIpc) is 2.82. The minimum atomic E-state index is -0.132. The van der Waals surface area contributed by atoms with Crippen LogP contribution in [0.25, 0.3) is 0 Å². The summed E-state index contributed by atoms with van der Waals surface area (Å²) in [5, 5.41) is 0. The molecular formula is C14H23NO3. The summed E-state index contributed by atoms with van der Waals surface area (Å²) in [5.74, 6) is 0.596. The molecule has 2 aliphatic heterocycles. The van der Waals surface area contributed by atoms with E-state index in [2.05, 4.69) is 0 Å². The second-order valence-electron chi connectivity index (χ2n) is 6.03. The lowest BCUT2D eigenvalue weighted by Gasteiger charge is -2.38. The molecule has 0 aromatic rings. The van der Waals surface area contributed by atoms with Crippen LogP contribution in [-0.4, -0.2) is 42.9 Å². The fraction of sp³-hybridized carbons (Fsp3) is 0.929. The van der Waals surface area contributed by atoms with Gasteiger partial charge in [-0.15, -0.1) is 0 Å². The van der Waals surface area contributed by atoms with Gasteiger partial charge >= 0.3 is 6.09 Å². The maximum Gasteiger partial charge on any atom is 0.409 e. The van der Waals surface area contributed by atoms with Crippen LogP contribution in [0.5, 0.6) is 0 Å². The average molecular weight is 253 g/mol. The maximum absolute atomic E-state index is 12.0. The molecule has 0 bridgehead atoms. The Morgan fingerprint density at radius 1 is 1.28 bits per heavy atom. The lowest BCUT2D eigenvalue weighted by Crippen LogP contribution is -2.46. The Labute approximate surface area is 109 Å². The summed E-state index contributed by atoms with van der Waals surface area (Å²) < 4.78 is 11.1. The van der Waals surface area contributed by atoms with Gasteiger partial charge in [-0.25, -0.2) is 4.79 Å². The third kappa shape index (κ3) is 2.48. The molecule has 0 N–H and O–H groups in total. The van der Waals surface area contributed by atoms with Crippen molar-refractivity contribution in [2.45, 2.75) is 50.5 Å². The Morgan fingerprint density at radius 3 is 2.67 bits per heavy atom. The van der Waals surface area contributed by atoms with Crippen LogP contribution in [0.4, 0.5) is 4.79 Å². The quantitative estimate of drug-likeness (QED) is 0.759. The summed E-state index contributed by atoms with van der Waals surface area (Å²) in [6.45, 7) is 2.99. The van der Waals surface area contributed by atoms with Crippen LogP contribution in [0, 0.1) is 5.92 Å². The van der Waals surface area contributed by atoms with Crippen LogP contribution in [0.2, 0.25) is 0 Å². The summed E-state index contributed by atoms with van der Waals surface area (Å²) in [6, 6.07) is 0. The molecule has 1 unspecified atom stereocenters. The van der Waals surface area contributed by atoms with Crippen molar-refractivity contribution in [2.24, 2.45) is 5.92 Å². The molecule has 1 amide bonds. The number of hydrogen-bond acceptors (Lipinski definition) is 3. The van der Waals surface area contributed by atoms with Gasteiger partial charge in [0.2, 0.25) is 0 Å². The molecule has 1 atom stereocenters. The van der Waals surface area contributed by atoms with Gasteiger partial charge in [0, 0.05) is 13.0 Å². The second kappa shape index (κ2) is 5.08. The summed E-state index contributed by atoms with van der Waals surface area (Å²) in [7, 11) is 0. The predicted molar refractivity (Wildman–Crippen MR) is 67.4 cm³/mol. The first-order chi connectivity index (χ1) is 8.77. The van der Waals surface area contributed by atoms with Gasteiger partial charge in [-0.1, -0.05) is 19.3 Å². The molecule has 2 heterocycles. The molecule has 2 saturated heterocycles. The molecule has 18 heavy (non-hydrogen) atoms. The van der Waals surface area contributed by atoms with Gasteiger partial charge < -0.3 is 14.4 Å². The van der Waals surface area contributed by atoms with Crippen molar-refractivity contribution in [3.05, 3.63) is 0 Å². The number of carbonyl (C=O) groups is 1. The normalized spacial score (nSPS) is 32.6. The van der Waals surface area contributed by atoms with Crippen molar-refractivity contribution in [2.75, 3.05) is 26.3 Å². The predicted octanol–water partition coefficient (Wildman–Crippen LogP) is 2.57. The molecular weight excluding hydrogens is 230 g/mol. The molecule has 4 heteroatoms. The van der Waals surface area contributed by atoms with Gasteiger partial charge in [-0.05, 0) is 25.2 Å². The topological polar surface area (TPSA) is 38.8 Å². The second-order valence-corrected chi connectivity index (χ2v) is 6.03. The monoisotopic (exact) mass is 253 g/mol. The molecule has 0 aromatic heterocycles. The molecule has 3 fully saturated rings. The highest BCUT2D eigenvalue weighted by molar-refractivity contribution is 5.68. The van der Waals surface area contributed by atoms with E-state index in [9.17, 15) is 4.79 Å². The lowest BCUT2D eigenvalue weighted by atomic mass is 9.90. The Hall–Kier alpha value is -0.770. The van der Waals surface area contributed by atoms with E-state index in [-0.39, 0.29) is 11.7 Å². The van der Waals surface area contributed by atoms with E-state index in [1.54, 1.807) is 0 Å². The summed E-state index contributed by atoms with van der Waals surface area (Å²) in [5.41, 5.74) is -0.0101. The smallest absolute Gasteiger partial charge is 0.409 e. The van der Waals surface area contributed by atoms with Gasteiger partial charge in [0.1, 0.15) is 0 Å². The highest BCUT2D eigenvalue weighted by Crippen LogP contribution is 2.36. The third-order valence-corrected chi connectivity index (χ3v) is 4.71. The van der Waals surface area contributed by atoms with Crippen LogP contribution in [0.15, 0.2) is 0 Å². The van der Waals surface area contributed by atoms with Crippen molar-refractivity contribution in [1.82, 2.24) is 4.90 Å². The number of ether oxygens (including phenoxy) is 2. The van der Waals surface area contributed by atoms with Gasteiger partial charge in [-0.2, -0.15) is 0 Å². The first kappa shape index (κ1) is 12.3. The molecule has 0 aromatic carbocycles. The number of amides is 1. The van der Waals surface area contributed by atoms with E-state index in [1.807, 2.05) is 4.90 Å². The molecule has 1 spiro atoms. The van der Waals surface area contributed by atoms with Crippen LogP contribution in [0.3, 0.4) is 0 Å². The SMILES string of the molecule is O=C(OCC1CCCCC1)N1CCC2(CCO2)C1. The molecule has 1 saturated carbocycles. The van der Waals surface area contributed by atoms with E-state index in [0.717, 1.165) is 32.5 Å². The van der Waals surface area contributed by atoms with Gasteiger partial charge in [-0.3, -0.25) is 0 Å². The summed E-state index contributed by atoms with van der Waals surface area (Å²) >= 11 is 0. The number of carbonyl (C=O) groups excluding carboxylic acids is 1. The highest BCUT2D eigenvalue weighted by Gasteiger charge is 2.46. The van der Waals surface area contributed by atoms with Gasteiger partial charge in [0.25, 0.3) is 0 Å². The van der Waals surface area contributed by atoms with Crippen LogP contribution >= 0.6 is 0 Å². The molecule has 3 aliphatic rings. The minimum Gasteiger partial charge on any atom is -0.449 e. The van der Waals surface area contributed by atoms with Crippen molar-refractivity contribution < 1.29 is 14.3 Å². The molecule has 4 nitrogen and oxygen atoms in total. The fourth-order valence-electron chi connectivity index (χ4n) is 3.35. The summed E-state index contributed by atoms with van der Waals surface area (Å²) in [6.07, 6.45) is 8.32. The first-order valence-corrected chi connectivity index (χ1v) is 7.33. The highest BCUT2D eigenvalue weighted by atomic mass is 16.6. The van der Waals surface area contributed by atoms with Crippen molar-refractivity contribution in [3.63, 3.8) is 0 Å². The number of likely N-dealkylation sites (tertiary alicyclic amines) is 1. The van der Waals surface area contributed by atoms with Crippen molar-refractivity contribution in [1.29, 1.82) is 0 Å². The molecule has 0 radical (unpaired) electrons. The number of rotatable bonds is 2. The zero-order valence-electron chi connectivity index (χ0n) is 11.0. The van der Waals surface area contributed by atoms with Gasteiger partial charge in [0.05, 0.1) is 25.4 Å². The van der Waals surface area contributed by atoms with E-state index in [0.29, 0.717) is 12.5 Å². The number of nitrogens with zero attached hydrogens (tertiary/aromatic N) is 1. The van der Waals surface area contributed by atoms with E-state index >= 15 is 0 Å². The van der Waals surface area contributed by atoms with Crippen LogP contribution < -0.4 is 0 Å². The zero-order chi connectivity index (χ0) is 12.4. The molecule has 1 aliphatic carbocycles. The van der Waals surface area contributed by atoms with E-state index in [4.69, 9.17) is 9.47 Å². The fourth-order valence-corrected chi connectivity index (χ4v) is 3.35. The first-order valence-electron chi connectivity index (χ1n) is 7.33. The largest absolute Gasteiger partial charge is 0.449 e. The van der Waals surface area contributed by atoms with Crippen molar-refractivity contribution >= 4 is 6.09 Å². The van der Waals surface area contributed by atoms with Crippen LogP contribution in [-0.2, 0) is 9.47 Å². The third-order valence-electron chi connectivity index (χ3n) is 4.71. The van der Waals surface area contributed by atoms with Crippen molar-refractivity contribution in [3.8, 4) is 0 Å². The lowest BCUT2D eigenvalue weighted by molar-refractivity contribution is -0.136. The molecule has 102 valence electrons. The Morgan fingerprint density at radius 2 is 2.06 bits per heavy atom. The molecule has 3 rings (SSSR count). The number of hydrogen-bond donors (Lipinski definition) is 0. The summed E-state index contributed by atoms with van der Waals surface area (Å²) in [4.78, 5) is 13.8. The van der Waals surface area contributed by atoms with Crippen LogP contribution in [0.1, 0.15) is 44.9 Å². The van der Waals surface area contributed by atoms with Gasteiger partial charge in [0.15, 0.2) is 0 Å². The zero-order valence-corrected chi connectivity index (χ0v) is 11.0. The Balaban J connectivity index is 1.41. The Bertz CT molecular complexity index is 308. The minimum absolute atomic E-state index is 0.0101.